The number of nitrogen functional groups attached to an aromatic ring is 1. The molecule has 0 bridgehead atoms. The van der Waals surface area contributed by atoms with Crippen molar-refractivity contribution in [2.24, 2.45) is 0 Å². The Morgan fingerprint density at radius 2 is 2.23 bits per heavy atom. The zero-order chi connectivity index (χ0) is 19.1. The monoisotopic (exact) mass is 378 g/mol. The van der Waals surface area contributed by atoms with E-state index in [1.165, 1.54) is 34.0 Å². The van der Waals surface area contributed by atoms with Crippen molar-refractivity contribution < 1.29 is 9.53 Å². The first kappa shape index (κ1) is 19.7. The van der Waals surface area contributed by atoms with Gasteiger partial charge in [-0.25, -0.2) is 4.79 Å². The Labute approximate surface area is 154 Å². The van der Waals surface area contributed by atoms with E-state index in [1.54, 1.807) is 6.08 Å². The van der Waals surface area contributed by atoms with Gasteiger partial charge in [-0.2, -0.15) is 0 Å². The van der Waals surface area contributed by atoms with Crippen LogP contribution in [0.4, 0.5) is 11.5 Å². The predicted molar refractivity (Wildman–Crippen MR) is 104 cm³/mol. The second-order valence-electron chi connectivity index (χ2n) is 5.48. The SMILES string of the molecule is CCCn1c(N)c(N(CCOC)C(=O)/C=C/c2cccs2)c(=O)[nH]c1=O. The molecule has 3 N–H and O–H groups in total. The highest BCUT2D eigenvalue weighted by Crippen LogP contribution is 2.18. The summed E-state index contributed by atoms with van der Waals surface area (Å²) >= 11 is 1.49. The Morgan fingerprint density at radius 3 is 2.85 bits per heavy atom. The molecule has 2 rings (SSSR count). The van der Waals surface area contributed by atoms with Gasteiger partial charge in [-0.1, -0.05) is 13.0 Å². The number of H-pyrrole nitrogens is 1. The summed E-state index contributed by atoms with van der Waals surface area (Å²) in [6.45, 7) is 2.56. The third kappa shape index (κ3) is 4.50. The van der Waals surface area contributed by atoms with Crippen LogP contribution < -0.4 is 21.9 Å². The number of hydrogen-bond acceptors (Lipinski definition) is 6. The molecule has 140 valence electrons. The molecule has 1 amide bonds. The maximum Gasteiger partial charge on any atom is 0.330 e. The van der Waals surface area contributed by atoms with E-state index in [0.717, 1.165) is 4.88 Å². The molecule has 0 radical (unpaired) electrons. The molecule has 8 nitrogen and oxygen atoms in total. The number of anilines is 2. The average Bonchev–Trinajstić information content (AvgIpc) is 3.12. The zero-order valence-electron chi connectivity index (χ0n) is 14.7. The van der Waals surface area contributed by atoms with E-state index in [-0.39, 0.29) is 24.7 Å². The summed E-state index contributed by atoms with van der Waals surface area (Å²) in [7, 11) is 1.50. The molecule has 2 aromatic heterocycles. The second-order valence-corrected chi connectivity index (χ2v) is 6.46. The molecule has 0 spiro atoms. The molecule has 2 aromatic rings. The molecule has 0 atom stereocenters. The number of nitrogens with zero attached hydrogens (tertiary/aromatic N) is 2. The Bertz CT molecular complexity index is 883. The normalized spacial score (nSPS) is 11.2. The van der Waals surface area contributed by atoms with Crippen molar-refractivity contribution in [2.75, 3.05) is 30.9 Å². The Morgan fingerprint density at radius 1 is 1.46 bits per heavy atom. The standard InChI is InChI=1S/C17H22N4O4S/c1-3-8-21-15(18)14(16(23)19-17(21)24)20(9-10-25-2)13(22)7-6-12-5-4-11-26-12/h4-7,11H,3,8-10,18H2,1-2H3,(H,19,23,24)/b7-6+. The third-order valence-electron chi connectivity index (χ3n) is 3.65. The molecule has 26 heavy (non-hydrogen) atoms. The molecule has 0 aliphatic rings. The molecule has 0 aromatic carbocycles. The number of aromatic nitrogens is 2. The molecular weight excluding hydrogens is 356 g/mol. The van der Waals surface area contributed by atoms with Crippen LogP contribution in [0.5, 0.6) is 0 Å². The molecule has 0 aliphatic carbocycles. The van der Waals surface area contributed by atoms with Crippen LogP contribution in [-0.2, 0) is 16.1 Å². The van der Waals surface area contributed by atoms with Crippen molar-refractivity contribution in [3.8, 4) is 0 Å². The van der Waals surface area contributed by atoms with Crippen LogP contribution in [0.3, 0.4) is 0 Å². The number of methoxy groups -OCH3 is 1. The summed E-state index contributed by atoms with van der Waals surface area (Å²) in [6.07, 6.45) is 3.69. The fourth-order valence-corrected chi connectivity index (χ4v) is 3.05. The fourth-order valence-electron chi connectivity index (χ4n) is 2.43. The van der Waals surface area contributed by atoms with Gasteiger partial charge in [-0.05, 0) is 23.9 Å². The number of carbonyl (C=O) groups is 1. The molecule has 0 unspecified atom stereocenters. The first-order valence-electron chi connectivity index (χ1n) is 8.14. The summed E-state index contributed by atoms with van der Waals surface area (Å²) in [5.41, 5.74) is 4.72. The van der Waals surface area contributed by atoms with Crippen LogP contribution >= 0.6 is 11.3 Å². The summed E-state index contributed by atoms with van der Waals surface area (Å²) < 4.78 is 6.29. The smallest absolute Gasteiger partial charge is 0.330 e. The van der Waals surface area contributed by atoms with Gasteiger partial charge in [-0.3, -0.25) is 24.0 Å². The Balaban J connectivity index is 2.46. The lowest BCUT2D eigenvalue weighted by Gasteiger charge is -2.23. The van der Waals surface area contributed by atoms with Gasteiger partial charge in [0, 0.05) is 31.2 Å². The first-order valence-corrected chi connectivity index (χ1v) is 9.02. The minimum absolute atomic E-state index is 0.0328. The highest BCUT2D eigenvalue weighted by molar-refractivity contribution is 7.10. The van der Waals surface area contributed by atoms with Crippen molar-refractivity contribution in [1.82, 2.24) is 9.55 Å². The van der Waals surface area contributed by atoms with Crippen molar-refractivity contribution >= 4 is 34.8 Å². The topological polar surface area (TPSA) is 110 Å². The van der Waals surface area contributed by atoms with Gasteiger partial charge in [0.25, 0.3) is 11.5 Å². The molecule has 0 saturated heterocycles. The highest BCUT2D eigenvalue weighted by atomic mass is 32.1. The predicted octanol–water partition coefficient (Wildman–Crippen LogP) is 1.28. The van der Waals surface area contributed by atoms with Gasteiger partial charge in [0.15, 0.2) is 5.69 Å². The van der Waals surface area contributed by atoms with Gasteiger partial charge in [0.05, 0.1) is 6.61 Å². The van der Waals surface area contributed by atoms with E-state index in [2.05, 4.69) is 4.98 Å². The number of aromatic amines is 1. The maximum absolute atomic E-state index is 12.7. The lowest BCUT2D eigenvalue weighted by molar-refractivity contribution is -0.114. The molecule has 2 heterocycles. The van der Waals surface area contributed by atoms with E-state index in [9.17, 15) is 14.4 Å². The number of hydrogen-bond donors (Lipinski definition) is 2. The highest BCUT2D eigenvalue weighted by Gasteiger charge is 2.22. The van der Waals surface area contributed by atoms with Crippen molar-refractivity contribution in [3.05, 3.63) is 49.3 Å². The summed E-state index contributed by atoms with van der Waals surface area (Å²) in [5, 5.41) is 1.90. The number of nitrogens with one attached hydrogen (secondary N) is 1. The van der Waals surface area contributed by atoms with Gasteiger partial charge in [0.2, 0.25) is 0 Å². The molecular formula is C17H22N4O4S. The average molecular weight is 378 g/mol. The number of thiophene rings is 1. The number of nitrogens with two attached hydrogens (primary N) is 1. The number of carbonyl (C=O) groups excluding carboxylic acids is 1. The zero-order valence-corrected chi connectivity index (χ0v) is 15.5. The number of ether oxygens (including phenoxy) is 1. The van der Waals surface area contributed by atoms with E-state index in [4.69, 9.17) is 10.5 Å². The van der Waals surface area contributed by atoms with Gasteiger partial charge in [0.1, 0.15) is 5.82 Å². The maximum atomic E-state index is 12.7. The van der Waals surface area contributed by atoms with Crippen molar-refractivity contribution in [2.45, 2.75) is 19.9 Å². The van der Waals surface area contributed by atoms with E-state index in [0.29, 0.717) is 13.0 Å². The van der Waals surface area contributed by atoms with E-state index in [1.807, 2.05) is 24.4 Å². The van der Waals surface area contributed by atoms with Crippen LogP contribution in [0, 0.1) is 0 Å². The number of rotatable bonds is 8. The van der Waals surface area contributed by atoms with Crippen LogP contribution in [0.15, 0.2) is 33.2 Å². The van der Waals surface area contributed by atoms with Gasteiger partial charge < -0.3 is 10.5 Å². The van der Waals surface area contributed by atoms with Crippen molar-refractivity contribution in [3.63, 3.8) is 0 Å². The Kier molecular flexibility index (Phi) is 6.93. The fraction of sp³-hybridized carbons (Fsp3) is 0.353. The minimum atomic E-state index is -0.700. The summed E-state index contributed by atoms with van der Waals surface area (Å²) in [6, 6.07) is 3.75. The molecule has 9 heteroatoms. The quantitative estimate of drug-likeness (QED) is 0.673. The first-order chi connectivity index (χ1) is 12.5. The lowest BCUT2D eigenvalue weighted by Crippen LogP contribution is -2.42. The Hall–Kier alpha value is -2.65. The van der Waals surface area contributed by atoms with E-state index < -0.39 is 17.2 Å². The minimum Gasteiger partial charge on any atom is -0.383 e. The number of amides is 1. The summed E-state index contributed by atoms with van der Waals surface area (Å²) in [4.78, 5) is 41.4. The van der Waals surface area contributed by atoms with Crippen LogP contribution in [0.2, 0.25) is 0 Å². The lowest BCUT2D eigenvalue weighted by atomic mass is 10.3. The van der Waals surface area contributed by atoms with Crippen LogP contribution in [0.1, 0.15) is 18.2 Å². The largest absolute Gasteiger partial charge is 0.383 e. The second kappa shape index (κ2) is 9.16. The van der Waals surface area contributed by atoms with Crippen LogP contribution in [-0.4, -0.2) is 35.7 Å². The van der Waals surface area contributed by atoms with Gasteiger partial charge >= 0.3 is 5.69 Å². The molecule has 0 saturated carbocycles. The van der Waals surface area contributed by atoms with Crippen LogP contribution in [0.25, 0.3) is 6.08 Å². The molecule has 0 fully saturated rings. The molecule has 0 aliphatic heterocycles. The van der Waals surface area contributed by atoms with Gasteiger partial charge in [-0.15, -0.1) is 11.3 Å². The van der Waals surface area contributed by atoms with E-state index >= 15 is 0 Å². The third-order valence-corrected chi connectivity index (χ3v) is 4.49. The van der Waals surface area contributed by atoms with Crippen molar-refractivity contribution in [1.29, 1.82) is 0 Å². The summed E-state index contributed by atoms with van der Waals surface area (Å²) in [5.74, 6) is -0.455.